The molecule has 0 spiro atoms. The van der Waals surface area contributed by atoms with E-state index >= 15 is 0 Å². The molecule has 0 radical (unpaired) electrons. The lowest BCUT2D eigenvalue weighted by Crippen LogP contribution is -2.14. The first kappa shape index (κ1) is 12.9. The fraction of sp³-hybridized carbons (Fsp3) is 0.333. The standard InChI is InChI=1S/C15H19N5/c1-11-12(9-17-19(11)2)8-16-10-14-13-6-4-5-7-15(13)20(3)18-14/h4-7,9,16H,8,10H2,1-3H3. The third kappa shape index (κ3) is 2.20. The van der Waals surface area contributed by atoms with E-state index in [-0.39, 0.29) is 0 Å². The molecule has 0 unspecified atom stereocenters. The predicted octanol–water partition coefficient (Wildman–Crippen LogP) is 1.91. The first-order chi connectivity index (χ1) is 9.66. The van der Waals surface area contributed by atoms with Crippen LogP contribution in [0.3, 0.4) is 0 Å². The molecule has 5 heteroatoms. The lowest BCUT2D eigenvalue weighted by Gasteiger charge is -2.03. The van der Waals surface area contributed by atoms with Crippen molar-refractivity contribution in [2.45, 2.75) is 20.0 Å². The van der Waals surface area contributed by atoms with E-state index < -0.39 is 0 Å². The second-order valence-electron chi connectivity index (χ2n) is 5.07. The van der Waals surface area contributed by atoms with Gasteiger partial charge in [0.2, 0.25) is 0 Å². The third-order valence-corrected chi connectivity index (χ3v) is 3.78. The van der Waals surface area contributed by atoms with Crippen LogP contribution < -0.4 is 5.32 Å². The average molecular weight is 269 g/mol. The minimum Gasteiger partial charge on any atom is -0.307 e. The number of aromatic nitrogens is 4. The van der Waals surface area contributed by atoms with Gasteiger partial charge in [-0.1, -0.05) is 18.2 Å². The van der Waals surface area contributed by atoms with Gasteiger partial charge in [-0.05, 0) is 13.0 Å². The van der Waals surface area contributed by atoms with Crippen molar-refractivity contribution in [1.82, 2.24) is 24.9 Å². The molecule has 1 aromatic carbocycles. The Labute approximate surface area is 118 Å². The quantitative estimate of drug-likeness (QED) is 0.787. The molecule has 2 heterocycles. The molecule has 0 amide bonds. The molecule has 0 saturated carbocycles. The van der Waals surface area contributed by atoms with Gasteiger partial charge in [0.1, 0.15) is 0 Å². The zero-order valence-electron chi connectivity index (χ0n) is 12.1. The Morgan fingerprint density at radius 1 is 1.10 bits per heavy atom. The molecule has 0 bridgehead atoms. The Kier molecular flexibility index (Phi) is 3.28. The Hall–Kier alpha value is -2.14. The fourth-order valence-electron chi connectivity index (χ4n) is 2.45. The molecule has 0 fully saturated rings. The Bertz CT molecular complexity index is 738. The maximum absolute atomic E-state index is 4.58. The van der Waals surface area contributed by atoms with E-state index in [0.717, 1.165) is 18.8 Å². The van der Waals surface area contributed by atoms with Crippen molar-refractivity contribution in [2.24, 2.45) is 14.1 Å². The molecule has 0 aliphatic rings. The van der Waals surface area contributed by atoms with E-state index in [9.17, 15) is 0 Å². The van der Waals surface area contributed by atoms with Crippen molar-refractivity contribution < 1.29 is 0 Å². The largest absolute Gasteiger partial charge is 0.307 e. The number of nitrogens with zero attached hydrogens (tertiary/aromatic N) is 4. The summed E-state index contributed by atoms with van der Waals surface area (Å²) in [7, 11) is 3.95. The monoisotopic (exact) mass is 269 g/mol. The van der Waals surface area contributed by atoms with Crippen molar-refractivity contribution in [3.05, 3.63) is 47.4 Å². The van der Waals surface area contributed by atoms with Gasteiger partial charge >= 0.3 is 0 Å². The first-order valence-corrected chi connectivity index (χ1v) is 6.75. The molecule has 5 nitrogen and oxygen atoms in total. The average Bonchev–Trinajstić information content (AvgIpc) is 2.94. The number of aryl methyl sites for hydroxylation is 2. The lowest BCUT2D eigenvalue weighted by atomic mass is 10.2. The van der Waals surface area contributed by atoms with Crippen molar-refractivity contribution in [2.75, 3.05) is 0 Å². The topological polar surface area (TPSA) is 47.7 Å². The summed E-state index contributed by atoms with van der Waals surface area (Å²) in [4.78, 5) is 0. The van der Waals surface area contributed by atoms with Crippen molar-refractivity contribution in [1.29, 1.82) is 0 Å². The number of hydrogen-bond donors (Lipinski definition) is 1. The minimum absolute atomic E-state index is 0.760. The van der Waals surface area contributed by atoms with Crippen LogP contribution in [-0.2, 0) is 27.2 Å². The van der Waals surface area contributed by atoms with Gasteiger partial charge < -0.3 is 5.32 Å². The number of fused-ring (bicyclic) bond motifs is 1. The smallest absolute Gasteiger partial charge is 0.0841 e. The SMILES string of the molecule is Cc1c(CNCc2nn(C)c3ccccc23)cnn1C. The number of hydrogen-bond acceptors (Lipinski definition) is 3. The summed E-state index contributed by atoms with van der Waals surface area (Å²) in [6.07, 6.45) is 1.92. The van der Waals surface area contributed by atoms with Crippen LogP contribution in [0.4, 0.5) is 0 Å². The first-order valence-electron chi connectivity index (χ1n) is 6.75. The molecule has 0 saturated heterocycles. The molecule has 20 heavy (non-hydrogen) atoms. The highest BCUT2D eigenvalue weighted by Gasteiger charge is 2.08. The molecule has 2 aromatic heterocycles. The van der Waals surface area contributed by atoms with Gasteiger partial charge in [-0.25, -0.2) is 0 Å². The predicted molar refractivity (Wildman–Crippen MR) is 79.2 cm³/mol. The van der Waals surface area contributed by atoms with Gasteiger partial charge in [-0.2, -0.15) is 10.2 Å². The van der Waals surface area contributed by atoms with E-state index in [0.29, 0.717) is 0 Å². The molecule has 3 rings (SSSR count). The summed E-state index contributed by atoms with van der Waals surface area (Å²) in [5.74, 6) is 0. The minimum atomic E-state index is 0.760. The van der Waals surface area contributed by atoms with E-state index in [4.69, 9.17) is 0 Å². The molecule has 0 aliphatic heterocycles. The van der Waals surface area contributed by atoms with Crippen LogP contribution in [0.2, 0.25) is 0 Å². The van der Waals surface area contributed by atoms with Crippen LogP contribution in [-0.4, -0.2) is 19.6 Å². The molecule has 1 N–H and O–H groups in total. The van der Waals surface area contributed by atoms with Gasteiger partial charge in [0.25, 0.3) is 0 Å². The zero-order chi connectivity index (χ0) is 14.1. The second-order valence-corrected chi connectivity index (χ2v) is 5.07. The molecule has 0 aliphatic carbocycles. The van der Waals surface area contributed by atoms with Crippen molar-refractivity contribution >= 4 is 10.9 Å². The summed E-state index contributed by atoms with van der Waals surface area (Å²) in [6, 6.07) is 8.31. The second kappa shape index (κ2) is 5.09. The van der Waals surface area contributed by atoms with Gasteiger partial charge in [0.05, 0.1) is 17.4 Å². The van der Waals surface area contributed by atoms with Crippen LogP contribution in [0.25, 0.3) is 10.9 Å². The van der Waals surface area contributed by atoms with Crippen molar-refractivity contribution in [3.8, 4) is 0 Å². The summed E-state index contributed by atoms with van der Waals surface area (Å²) in [5.41, 5.74) is 4.68. The van der Waals surface area contributed by atoms with Crippen LogP contribution in [0, 0.1) is 6.92 Å². The normalized spacial score (nSPS) is 11.3. The summed E-state index contributed by atoms with van der Waals surface area (Å²) >= 11 is 0. The summed E-state index contributed by atoms with van der Waals surface area (Å²) < 4.78 is 3.83. The Morgan fingerprint density at radius 2 is 1.90 bits per heavy atom. The highest BCUT2D eigenvalue weighted by atomic mass is 15.3. The molecular weight excluding hydrogens is 250 g/mol. The van der Waals surface area contributed by atoms with Gasteiger partial charge in [0.15, 0.2) is 0 Å². The van der Waals surface area contributed by atoms with Gasteiger partial charge in [0, 0.05) is 43.8 Å². The van der Waals surface area contributed by atoms with E-state index in [1.807, 2.05) is 35.7 Å². The van der Waals surface area contributed by atoms with Gasteiger partial charge in [-0.3, -0.25) is 9.36 Å². The molecule has 0 atom stereocenters. The number of benzene rings is 1. The molecule has 3 aromatic rings. The lowest BCUT2D eigenvalue weighted by molar-refractivity contribution is 0.657. The van der Waals surface area contributed by atoms with Crippen LogP contribution in [0.15, 0.2) is 30.5 Å². The van der Waals surface area contributed by atoms with Crippen LogP contribution >= 0.6 is 0 Å². The summed E-state index contributed by atoms with van der Waals surface area (Å²) in [6.45, 7) is 3.65. The molecule has 104 valence electrons. The Morgan fingerprint density at radius 3 is 2.65 bits per heavy atom. The van der Waals surface area contributed by atoms with Crippen LogP contribution in [0.5, 0.6) is 0 Å². The van der Waals surface area contributed by atoms with Crippen LogP contribution in [0.1, 0.15) is 17.0 Å². The van der Waals surface area contributed by atoms with E-state index in [1.165, 1.54) is 22.2 Å². The maximum Gasteiger partial charge on any atom is 0.0841 e. The van der Waals surface area contributed by atoms with Gasteiger partial charge in [-0.15, -0.1) is 0 Å². The third-order valence-electron chi connectivity index (χ3n) is 3.78. The highest BCUT2D eigenvalue weighted by molar-refractivity contribution is 5.81. The number of para-hydroxylation sites is 1. The van der Waals surface area contributed by atoms with E-state index in [2.05, 4.69) is 40.6 Å². The maximum atomic E-state index is 4.58. The van der Waals surface area contributed by atoms with E-state index in [1.54, 1.807) is 0 Å². The number of rotatable bonds is 4. The summed E-state index contributed by atoms with van der Waals surface area (Å²) in [5, 5.41) is 13.5. The molecular formula is C15H19N5. The van der Waals surface area contributed by atoms with Crippen molar-refractivity contribution in [3.63, 3.8) is 0 Å². The zero-order valence-corrected chi connectivity index (χ0v) is 12.1. The fourth-order valence-corrected chi connectivity index (χ4v) is 2.45. The number of nitrogens with one attached hydrogen (secondary N) is 1. The highest BCUT2D eigenvalue weighted by Crippen LogP contribution is 2.17. The Balaban J connectivity index is 1.73.